The lowest BCUT2D eigenvalue weighted by molar-refractivity contribution is 0.0575. The molecule has 2 heterocycles. The Morgan fingerprint density at radius 1 is 1.65 bits per heavy atom. The van der Waals surface area contributed by atoms with E-state index in [-0.39, 0.29) is 11.9 Å². The summed E-state index contributed by atoms with van der Waals surface area (Å²) in [5, 5.41) is 12.8. The Bertz CT molecular complexity index is 427. The summed E-state index contributed by atoms with van der Waals surface area (Å²) >= 11 is 3.30. The van der Waals surface area contributed by atoms with Gasteiger partial charge in [0.05, 0.1) is 12.1 Å². The molecule has 0 aliphatic carbocycles. The summed E-state index contributed by atoms with van der Waals surface area (Å²) < 4.78 is 0.664. The minimum absolute atomic E-state index is 0.190. The first-order valence-corrected chi connectivity index (χ1v) is 6.17. The van der Waals surface area contributed by atoms with Crippen LogP contribution in [0.3, 0.4) is 0 Å². The summed E-state index contributed by atoms with van der Waals surface area (Å²) in [5.74, 6) is -0.190. The lowest BCUT2D eigenvalue weighted by Gasteiger charge is -2.26. The van der Waals surface area contributed by atoms with Crippen molar-refractivity contribution in [3.8, 4) is 0 Å². The van der Waals surface area contributed by atoms with Crippen LogP contribution < -0.4 is 5.32 Å². The van der Waals surface area contributed by atoms with Gasteiger partial charge in [-0.05, 0) is 28.1 Å². The largest absolute Gasteiger partial charge is 0.390 e. The van der Waals surface area contributed by atoms with Gasteiger partial charge in [-0.15, -0.1) is 0 Å². The molecule has 1 aliphatic heterocycles. The average molecular weight is 300 g/mol. The van der Waals surface area contributed by atoms with Gasteiger partial charge >= 0.3 is 0 Å². The predicted molar refractivity (Wildman–Crippen MR) is 66.7 cm³/mol. The summed E-state index contributed by atoms with van der Waals surface area (Å²) in [6, 6.07) is 3.33. The van der Waals surface area contributed by atoms with Gasteiger partial charge in [0.2, 0.25) is 0 Å². The maximum atomic E-state index is 12.2. The van der Waals surface area contributed by atoms with E-state index < -0.39 is 6.10 Å². The predicted octanol–water partition coefficient (Wildman–Crippen LogP) is 0.249. The fraction of sp³-hybridized carbons (Fsp3) is 0.455. The third-order valence-electron chi connectivity index (χ3n) is 2.93. The highest BCUT2D eigenvalue weighted by atomic mass is 79.9. The molecule has 0 aromatic carbocycles. The highest BCUT2D eigenvalue weighted by Crippen LogP contribution is 2.17. The molecule has 5 nitrogen and oxygen atoms in total. The van der Waals surface area contributed by atoms with E-state index in [1.807, 2.05) is 0 Å². The van der Waals surface area contributed by atoms with Crippen molar-refractivity contribution < 1.29 is 9.90 Å². The first kappa shape index (κ1) is 12.5. The van der Waals surface area contributed by atoms with Crippen molar-refractivity contribution >= 4 is 21.8 Å². The zero-order valence-corrected chi connectivity index (χ0v) is 11.0. The lowest BCUT2D eigenvalue weighted by Crippen LogP contribution is -2.44. The van der Waals surface area contributed by atoms with Gasteiger partial charge < -0.3 is 15.3 Å². The van der Waals surface area contributed by atoms with Gasteiger partial charge in [-0.3, -0.25) is 4.79 Å². The molecule has 2 atom stereocenters. The fourth-order valence-corrected chi connectivity index (χ4v) is 2.33. The number of aliphatic hydroxyl groups excluding tert-OH is 1. The van der Waals surface area contributed by atoms with Gasteiger partial charge in [0, 0.05) is 30.8 Å². The van der Waals surface area contributed by atoms with Crippen molar-refractivity contribution in [3.05, 3.63) is 28.5 Å². The van der Waals surface area contributed by atoms with E-state index in [9.17, 15) is 9.90 Å². The van der Waals surface area contributed by atoms with Crippen LogP contribution in [0.2, 0.25) is 0 Å². The Hall–Kier alpha value is -0.980. The summed E-state index contributed by atoms with van der Waals surface area (Å²) in [5.41, 5.74) is 0.370. The molecule has 2 N–H and O–H groups in total. The number of aromatic nitrogens is 1. The maximum absolute atomic E-state index is 12.2. The molecule has 0 bridgehead atoms. The highest BCUT2D eigenvalue weighted by Gasteiger charge is 2.32. The Morgan fingerprint density at radius 2 is 2.41 bits per heavy atom. The van der Waals surface area contributed by atoms with Gasteiger partial charge in [-0.25, -0.2) is 4.98 Å². The van der Waals surface area contributed by atoms with Crippen LogP contribution in [0.4, 0.5) is 0 Å². The average Bonchev–Trinajstić information content (AvgIpc) is 2.74. The fourth-order valence-electron chi connectivity index (χ4n) is 1.91. The Kier molecular flexibility index (Phi) is 3.76. The molecule has 0 saturated carbocycles. The molecule has 1 saturated heterocycles. The molecule has 17 heavy (non-hydrogen) atoms. The van der Waals surface area contributed by atoms with Crippen LogP contribution in [0.15, 0.2) is 22.8 Å². The Labute approximate surface area is 108 Å². The van der Waals surface area contributed by atoms with Crippen molar-refractivity contribution in [1.29, 1.82) is 0 Å². The van der Waals surface area contributed by atoms with Crippen LogP contribution in [0.25, 0.3) is 0 Å². The van der Waals surface area contributed by atoms with E-state index in [1.165, 1.54) is 4.90 Å². The molecule has 1 fully saturated rings. The molecule has 92 valence electrons. The number of β-amino-alcohol motifs (C(OH)–C–C–N with tert-alkyl or cyclic N) is 1. The van der Waals surface area contributed by atoms with Crippen LogP contribution in [-0.2, 0) is 0 Å². The molecule has 1 aromatic heterocycles. The molecule has 0 unspecified atom stereocenters. The second kappa shape index (κ2) is 5.12. The van der Waals surface area contributed by atoms with Crippen molar-refractivity contribution in [2.45, 2.75) is 12.1 Å². The summed E-state index contributed by atoms with van der Waals surface area (Å²) in [7, 11) is 1.68. The van der Waals surface area contributed by atoms with Gasteiger partial charge in [-0.2, -0.15) is 0 Å². The van der Waals surface area contributed by atoms with Crippen molar-refractivity contribution in [2.75, 3.05) is 20.1 Å². The third kappa shape index (κ3) is 2.48. The van der Waals surface area contributed by atoms with Crippen LogP contribution in [0.1, 0.15) is 10.5 Å². The smallest absolute Gasteiger partial charge is 0.273 e. The Morgan fingerprint density at radius 3 is 3.00 bits per heavy atom. The van der Waals surface area contributed by atoms with E-state index in [4.69, 9.17) is 0 Å². The number of hydrogen-bond acceptors (Lipinski definition) is 4. The number of hydrogen-bond donors (Lipinski definition) is 2. The molecule has 0 spiro atoms. The quantitative estimate of drug-likeness (QED) is 0.822. The second-order valence-corrected chi connectivity index (χ2v) is 4.90. The van der Waals surface area contributed by atoms with Crippen LogP contribution >= 0.6 is 15.9 Å². The standard InChI is InChI=1S/C11H14BrN3O2/c1-15(8-5-13-6-9(8)16)11(17)10-7(12)3-2-4-14-10/h2-4,8-9,13,16H,5-6H2,1H3/t8-,9-/m1/s1. The molecule has 1 amide bonds. The van der Waals surface area contributed by atoms with E-state index in [0.717, 1.165) is 0 Å². The number of amides is 1. The number of aliphatic hydroxyl groups is 1. The number of rotatable bonds is 2. The number of carbonyl (C=O) groups is 1. The zero-order chi connectivity index (χ0) is 12.4. The van der Waals surface area contributed by atoms with E-state index >= 15 is 0 Å². The SMILES string of the molecule is CN(C(=O)c1ncccc1Br)[C@@H]1CNC[C@H]1O. The van der Waals surface area contributed by atoms with E-state index in [1.54, 1.807) is 25.4 Å². The van der Waals surface area contributed by atoms with Crippen molar-refractivity contribution in [3.63, 3.8) is 0 Å². The van der Waals surface area contributed by atoms with E-state index in [0.29, 0.717) is 23.3 Å². The number of halogens is 1. The van der Waals surface area contributed by atoms with Gasteiger partial charge in [-0.1, -0.05) is 0 Å². The topological polar surface area (TPSA) is 65.5 Å². The minimum atomic E-state index is -0.522. The highest BCUT2D eigenvalue weighted by molar-refractivity contribution is 9.10. The third-order valence-corrected chi connectivity index (χ3v) is 3.57. The monoisotopic (exact) mass is 299 g/mol. The van der Waals surface area contributed by atoms with E-state index in [2.05, 4.69) is 26.2 Å². The molecule has 0 radical (unpaired) electrons. The molecule has 1 aliphatic rings. The number of nitrogens with one attached hydrogen (secondary N) is 1. The minimum Gasteiger partial charge on any atom is -0.390 e. The van der Waals surface area contributed by atoms with Crippen LogP contribution in [0.5, 0.6) is 0 Å². The molecule has 1 aromatic rings. The number of nitrogens with zero attached hydrogens (tertiary/aromatic N) is 2. The first-order chi connectivity index (χ1) is 8.11. The molecule has 6 heteroatoms. The molecular weight excluding hydrogens is 286 g/mol. The zero-order valence-electron chi connectivity index (χ0n) is 9.43. The van der Waals surface area contributed by atoms with Crippen LogP contribution in [-0.4, -0.2) is 53.2 Å². The van der Waals surface area contributed by atoms with Crippen LogP contribution in [0, 0.1) is 0 Å². The number of pyridine rings is 1. The van der Waals surface area contributed by atoms with Crippen molar-refractivity contribution in [2.24, 2.45) is 0 Å². The first-order valence-electron chi connectivity index (χ1n) is 5.37. The van der Waals surface area contributed by atoms with Gasteiger partial charge in [0.25, 0.3) is 5.91 Å². The second-order valence-electron chi connectivity index (χ2n) is 4.04. The maximum Gasteiger partial charge on any atom is 0.273 e. The summed E-state index contributed by atoms with van der Waals surface area (Å²) in [4.78, 5) is 17.8. The Balaban J connectivity index is 2.17. The lowest BCUT2D eigenvalue weighted by atomic mass is 10.2. The summed E-state index contributed by atoms with van der Waals surface area (Å²) in [6.45, 7) is 1.12. The molecule has 2 rings (SSSR count). The van der Waals surface area contributed by atoms with Crippen molar-refractivity contribution in [1.82, 2.24) is 15.2 Å². The number of likely N-dealkylation sites (N-methyl/N-ethyl adjacent to an activating group) is 1. The normalized spacial score (nSPS) is 23.7. The number of carbonyl (C=O) groups excluding carboxylic acids is 1. The van der Waals surface area contributed by atoms with Gasteiger partial charge in [0.1, 0.15) is 5.69 Å². The van der Waals surface area contributed by atoms with Gasteiger partial charge in [0.15, 0.2) is 0 Å². The summed E-state index contributed by atoms with van der Waals surface area (Å²) in [6.07, 6.45) is 1.06. The molecular formula is C11H14BrN3O2.